The van der Waals surface area contributed by atoms with Crippen molar-refractivity contribution in [1.29, 1.82) is 0 Å². The Kier molecular flexibility index (Phi) is 7.59. The Morgan fingerprint density at radius 1 is 1.05 bits per heavy atom. The van der Waals surface area contributed by atoms with Crippen molar-refractivity contribution in [2.24, 2.45) is 0 Å². The smallest absolute Gasteiger partial charge is 0.259 e. The molecule has 0 aliphatic carbocycles. The minimum atomic E-state index is -0.284. The summed E-state index contributed by atoms with van der Waals surface area (Å²) in [6.45, 7) is 9.01. The van der Waals surface area contributed by atoms with Crippen LogP contribution >= 0.6 is 0 Å². The minimum absolute atomic E-state index is 0.216. The van der Waals surface area contributed by atoms with Gasteiger partial charge in [0.15, 0.2) is 0 Å². The van der Waals surface area contributed by atoms with Crippen LogP contribution < -0.4 is 10.1 Å². The summed E-state index contributed by atoms with van der Waals surface area (Å²) in [4.78, 5) is 27.3. The zero-order valence-corrected chi connectivity index (χ0v) is 23.0. The van der Waals surface area contributed by atoms with Crippen LogP contribution in [0.15, 0.2) is 59.9 Å². The van der Waals surface area contributed by atoms with Crippen molar-refractivity contribution >= 4 is 28.4 Å². The van der Waals surface area contributed by atoms with Crippen LogP contribution in [0.25, 0.3) is 10.9 Å². The Hall–Kier alpha value is -3.54. The van der Waals surface area contributed by atoms with Gasteiger partial charge in [-0.3, -0.25) is 14.5 Å². The average Bonchev–Trinajstić information content (AvgIpc) is 3.40. The summed E-state index contributed by atoms with van der Waals surface area (Å²) in [6, 6.07) is 14.7. The van der Waals surface area contributed by atoms with Gasteiger partial charge in [0.25, 0.3) is 5.91 Å². The fraction of sp³-hybridized carbons (Fsp3) is 0.438. The van der Waals surface area contributed by atoms with Crippen LogP contribution in [0.5, 0.6) is 5.75 Å². The molecular formula is C32H39N3O3. The number of nitrogens with one attached hydrogen (secondary N) is 1. The third-order valence-electron chi connectivity index (χ3n) is 7.81. The highest BCUT2D eigenvalue weighted by atomic mass is 16.5. The Bertz CT molecular complexity index is 1370. The summed E-state index contributed by atoms with van der Waals surface area (Å²) in [6.07, 6.45) is 9.57. The Labute approximate surface area is 225 Å². The number of amides is 2. The number of aromatic nitrogens is 1. The van der Waals surface area contributed by atoms with Crippen molar-refractivity contribution in [2.75, 3.05) is 18.5 Å². The van der Waals surface area contributed by atoms with Gasteiger partial charge in [0.1, 0.15) is 5.75 Å². The summed E-state index contributed by atoms with van der Waals surface area (Å²) in [5.74, 6) is 0.108. The Morgan fingerprint density at radius 2 is 1.79 bits per heavy atom. The second kappa shape index (κ2) is 11.1. The third-order valence-corrected chi connectivity index (χ3v) is 7.81. The van der Waals surface area contributed by atoms with Crippen LogP contribution in [0.4, 0.5) is 5.69 Å². The topological polar surface area (TPSA) is 63.6 Å². The molecule has 200 valence electrons. The summed E-state index contributed by atoms with van der Waals surface area (Å²) < 4.78 is 8.31. The molecule has 0 spiro atoms. The summed E-state index contributed by atoms with van der Waals surface area (Å²) in [5.41, 5.74) is 5.68. The van der Waals surface area contributed by atoms with Gasteiger partial charge < -0.3 is 14.6 Å². The normalized spacial score (nSPS) is 16.7. The molecule has 2 aromatic carbocycles. The molecule has 38 heavy (non-hydrogen) atoms. The van der Waals surface area contributed by atoms with E-state index in [9.17, 15) is 9.59 Å². The SMILES string of the molecule is CCCCCCCCOc1ccc(C2C3=C(CN(C(C)=O)C3=O)Nc3cccc4c3c2cn4C(C)C)cc1. The fourth-order valence-electron chi connectivity index (χ4n) is 5.83. The monoisotopic (exact) mass is 513 g/mol. The van der Waals surface area contributed by atoms with Crippen molar-refractivity contribution in [3.05, 3.63) is 71.1 Å². The average molecular weight is 514 g/mol. The summed E-state index contributed by atoms with van der Waals surface area (Å²) in [7, 11) is 0. The molecule has 2 aliphatic rings. The van der Waals surface area contributed by atoms with Crippen LogP contribution in [0.2, 0.25) is 0 Å². The molecule has 3 aromatic rings. The third kappa shape index (κ3) is 4.84. The van der Waals surface area contributed by atoms with E-state index in [0.717, 1.165) is 45.6 Å². The molecule has 6 heteroatoms. The molecule has 1 aromatic heterocycles. The highest BCUT2D eigenvalue weighted by Crippen LogP contribution is 2.47. The van der Waals surface area contributed by atoms with Gasteiger partial charge in [-0.05, 0) is 55.7 Å². The lowest BCUT2D eigenvalue weighted by Gasteiger charge is -2.20. The van der Waals surface area contributed by atoms with Gasteiger partial charge in [0, 0.05) is 41.9 Å². The van der Waals surface area contributed by atoms with Crippen molar-refractivity contribution in [3.63, 3.8) is 0 Å². The van der Waals surface area contributed by atoms with E-state index in [1.165, 1.54) is 43.9 Å². The molecule has 0 bridgehead atoms. The van der Waals surface area contributed by atoms with Gasteiger partial charge in [-0.15, -0.1) is 0 Å². The zero-order chi connectivity index (χ0) is 26.8. The largest absolute Gasteiger partial charge is 0.494 e. The highest BCUT2D eigenvalue weighted by molar-refractivity contribution is 6.11. The predicted molar refractivity (Wildman–Crippen MR) is 153 cm³/mol. The standard InChI is InChI=1S/C32H39N3O3/c1-5-6-7-8-9-10-18-38-24-16-14-23(15-17-24)29-25-19-34(21(2)3)28-13-11-12-26(30(25)28)33-27-20-35(22(4)36)32(37)31(27)29/h11-17,19,21,29,33H,5-10,18,20H2,1-4H3. The molecule has 5 rings (SSSR count). The number of anilines is 1. The summed E-state index contributed by atoms with van der Waals surface area (Å²) >= 11 is 0. The summed E-state index contributed by atoms with van der Waals surface area (Å²) in [5, 5.41) is 4.67. The van der Waals surface area contributed by atoms with E-state index >= 15 is 0 Å². The van der Waals surface area contributed by atoms with Gasteiger partial charge in [0.2, 0.25) is 5.91 Å². The predicted octanol–water partition coefficient (Wildman–Crippen LogP) is 7.16. The van der Waals surface area contributed by atoms with E-state index in [1.807, 2.05) is 18.2 Å². The quantitative estimate of drug-likeness (QED) is 0.292. The number of ether oxygens (including phenoxy) is 1. The van der Waals surface area contributed by atoms with E-state index < -0.39 is 0 Å². The second-order valence-electron chi connectivity index (χ2n) is 10.8. The lowest BCUT2D eigenvalue weighted by Crippen LogP contribution is -2.33. The molecule has 2 aliphatic heterocycles. The molecule has 3 heterocycles. The molecule has 6 nitrogen and oxygen atoms in total. The molecule has 0 fully saturated rings. The van der Waals surface area contributed by atoms with E-state index in [0.29, 0.717) is 12.2 Å². The number of carbonyl (C=O) groups excluding carboxylic acids is 2. The van der Waals surface area contributed by atoms with Crippen molar-refractivity contribution in [1.82, 2.24) is 9.47 Å². The first-order valence-corrected chi connectivity index (χ1v) is 14.1. The van der Waals surface area contributed by atoms with Crippen LogP contribution in [0.1, 0.15) is 89.3 Å². The maximum absolute atomic E-state index is 13.6. The number of unbranched alkanes of at least 4 members (excludes halogenated alkanes) is 5. The number of hydrogen-bond acceptors (Lipinski definition) is 4. The molecule has 1 atom stereocenters. The molecule has 1 N–H and O–H groups in total. The lowest BCUT2D eigenvalue weighted by atomic mass is 9.84. The van der Waals surface area contributed by atoms with Crippen LogP contribution in [-0.4, -0.2) is 34.4 Å². The van der Waals surface area contributed by atoms with Gasteiger partial charge in [-0.1, -0.05) is 57.2 Å². The molecule has 0 saturated heterocycles. The van der Waals surface area contributed by atoms with Gasteiger partial charge >= 0.3 is 0 Å². The van der Waals surface area contributed by atoms with Crippen molar-refractivity contribution in [2.45, 2.75) is 78.2 Å². The molecular weight excluding hydrogens is 474 g/mol. The maximum Gasteiger partial charge on any atom is 0.259 e. The van der Waals surface area contributed by atoms with E-state index in [2.05, 4.69) is 61.1 Å². The molecule has 2 amide bonds. The number of rotatable bonds is 10. The maximum atomic E-state index is 13.6. The number of hydrogen-bond donors (Lipinski definition) is 1. The highest BCUT2D eigenvalue weighted by Gasteiger charge is 2.41. The van der Waals surface area contributed by atoms with Gasteiger partial charge in [0.05, 0.1) is 24.2 Å². The van der Waals surface area contributed by atoms with Crippen LogP contribution in [0.3, 0.4) is 0 Å². The van der Waals surface area contributed by atoms with E-state index in [-0.39, 0.29) is 30.3 Å². The van der Waals surface area contributed by atoms with Gasteiger partial charge in [-0.2, -0.15) is 0 Å². The Balaban J connectivity index is 1.48. The fourth-order valence-corrected chi connectivity index (χ4v) is 5.83. The van der Waals surface area contributed by atoms with Crippen molar-refractivity contribution in [3.8, 4) is 5.75 Å². The first-order valence-electron chi connectivity index (χ1n) is 14.1. The lowest BCUT2D eigenvalue weighted by molar-refractivity contribution is -0.139. The van der Waals surface area contributed by atoms with E-state index in [4.69, 9.17) is 4.74 Å². The first-order chi connectivity index (χ1) is 18.4. The van der Waals surface area contributed by atoms with E-state index in [1.54, 1.807) is 0 Å². The Morgan fingerprint density at radius 3 is 2.50 bits per heavy atom. The zero-order valence-electron chi connectivity index (χ0n) is 23.0. The van der Waals surface area contributed by atoms with Gasteiger partial charge in [-0.25, -0.2) is 0 Å². The first kappa shape index (κ1) is 26.1. The van der Waals surface area contributed by atoms with Crippen LogP contribution in [-0.2, 0) is 9.59 Å². The second-order valence-corrected chi connectivity index (χ2v) is 10.8. The number of carbonyl (C=O) groups is 2. The minimum Gasteiger partial charge on any atom is -0.494 e. The molecule has 0 saturated carbocycles. The molecule has 0 radical (unpaired) electrons. The number of imide groups is 1. The van der Waals surface area contributed by atoms with Crippen molar-refractivity contribution < 1.29 is 14.3 Å². The number of benzene rings is 2. The molecule has 1 unspecified atom stereocenters. The van der Waals surface area contributed by atoms with Crippen LogP contribution in [0, 0.1) is 0 Å². The number of nitrogens with zero attached hydrogens (tertiary/aromatic N) is 2.